The summed E-state index contributed by atoms with van der Waals surface area (Å²) >= 11 is 0. The molecule has 2 aliphatic rings. The average Bonchev–Trinajstić information content (AvgIpc) is 2.90. The number of urea groups is 1. The van der Waals surface area contributed by atoms with E-state index in [9.17, 15) is 14.4 Å². The van der Waals surface area contributed by atoms with Gasteiger partial charge in [0.15, 0.2) is 0 Å². The first-order valence-corrected chi connectivity index (χ1v) is 8.17. The van der Waals surface area contributed by atoms with Gasteiger partial charge in [-0.2, -0.15) is 0 Å². The zero-order chi connectivity index (χ0) is 19.6. The number of para-hydroxylation sites is 1. The minimum Gasteiger partial charge on any atom is -0.465 e. The molecule has 0 aromatic heterocycles. The summed E-state index contributed by atoms with van der Waals surface area (Å²) in [5.74, 6) is -1.38. The van der Waals surface area contributed by atoms with Crippen LogP contribution in [0.2, 0.25) is 0 Å². The van der Waals surface area contributed by atoms with Crippen molar-refractivity contribution in [2.75, 3.05) is 31.5 Å². The van der Waals surface area contributed by atoms with Gasteiger partial charge in [-0.3, -0.25) is 0 Å². The fraction of sp³-hybridized carbons (Fsp3) is 0.211. The maximum absolute atomic E-state index is 12.5. The van der Waals surface area contributed by atoms with E-state index < -0.39 is 11.9 Å². The largest absolute Gasteiger partial charge is 0.465 e. The number of benzene rings is 1. The van der Waals surface area contributed by atoms with Crippen LogP contribution >= 0.6 is 0 Å². The van der Waals surface area contributed by atoms with Crippen LogP contribution in [0.1, 0.15) is 5.56 Å². The van der Waals surface area contributed by atoms with Crippen molar-refractivity contribution in [1.82, 2.24) is 4.90 Å². The van der Waals surface area contributed by atoms with E-state index >= 15 is 0 Å². The Morgan fingerprint density at radius 2 is 1.85 bits per heavy atom. The number of carbonyl (C=O) groups excluding carboxylic acids is 3. The highest BCUT2D eigenvalue weighted by Gasteiger charge is 2.31. The highest BCUT2D eigenvalue weighted by Crippen LogP contribution is 2.37. The Bertz CT molecular complexity index is 901. The number of anilines is 2. The van der Waals surface area contributed by atoms with Crippen LogP contribution < -0.4 is 10.2 Å². The number of amides is 2. The molecule has 0 aliphatic carbocycles. The van der Waals surface area contributed by atoms with Crippen LogP contribution in [0.4, 0.5) is 16.2 Å². The lowest BCUT2D eigenvalue weighted by atomic mass is 10.1. The minimum atomic E-state index is -0.705. The molecule has 2 heterocycles. The molecule has 8 heteroatoms. The molecular formula is C19H19N3O5. The second-order valence-electron chi connectivity index (χ2n) is 5.91. The van der Waals surface area contributed by atoms with Gasteiger partial charge < -0.3 is 24.6 Å². The number of fused-ring (bicyclic) bond motifs is 1. The molecule has 0 spiro atoms. The summed E-state index contributed by atoms with van der Waals surface area (Å²) < 4.78 is 9.71. The lowest BCUT2D eigenvalue weighted by Gasteiger charge is -2.31. The topological polar surface area (TPSA) is 88.2 Å². The summed E-state index contributed by atoms with van der Waals surface area (Å²) in [4.78, 5) is 40.0. The van der Waals surface area contributed by atoms with Crippen molar-refractivity contribution in [1.29, 1.82) is 0 Å². The Kier molecular flexibility index (Phi) is 4.98. The predicted molar refractivity (Wildman–Crippen MR) is 98.7 cm³/mol. The normalized spacial score (nSPS) is 15.9. The monoisotopic (exact) mass is 369 g/mol. The van der Waals surface area contributed by atoms with E-state index in [2.05, 4.69) is 5.32 Å². The maximum atomic E-state index is 12.5. The Hall–Kier alpha value is -3.55. The lowest BCUT2D eigenvalue weighted by Crippen LogP contribution is -2.36. The van der Waals surface area contributed by atoms with Gasteiger partial charge in [-0.15, -0.1) is 0 Å². The van der Waals surface area contributed by atoms with Gasteiger partial charge in [0, 0.05) is 19.8 Å². The Morgan fingerprint density at radius 3 is 2.56 bits per heavy atom. The number of hydrogen-bond acceptors (Lipinski definition) is 6. The molecule has 1 aromatic rings. The van der Waals surface area contributed by atoms with Crippen LogP contribution in [-0.2, 0) is 25.6 Å². The quantitative estimate of drug-likeness (QED) is 0.822. The van der Waals surface area contributed by atoms with Gasteiger partial charge in [-0.25, -0.2) is 14.4 Å². The molecule has 2 aliphatic heterocycles. The van der Waals surface area contributed by atoms with Crippen LogP contribution in [0.5, 0.6) is 0 Å². The van der Waals surface area contributed by atoms with E-state index in [-0.39, 0.29) is 17.3 Å². The highest BCUT2D eigenvalue weighted by molar-refractivity contribution is 6.07. The molecule has 2 amide bonds. The molecule has 0 unspecified atom stereocenters. The Morgan fingerprint density at radius 1 is 1.11 bits per heavy atom. The number of allylic oxidation sites excluding steroid dienone is 2. The molecule has 1 aromatic carbocycles. The van der Waals surface area contributed by atoms with Crippen LogP contribution in [0, 0.1) is 0 Å². The molecule has 1 N–H and O–H groups in total. The van der Waals surface area contributed by atoms with Crippen LogP contribution in [0.15, 0.2) is 53.9 Å². The smallest absolute Gasteiger partial charge is 0.355 e. The van der Waals surface area contributed by atoms with E-state index in [1.807, 2.05) is 12.1 Å². The van der Waals surface area contributed by atoms with Crippen molar-refractivity contribution in [2.45, 2.75) is 6.54 Å². The zero-order valence-electron chi connectivity index (χ0n) is 15.2. The number of rotatable bonds is 3. The van der Waals surface area contributed by atoms with Gasteiger partial charge in [-0.1, -0.05) is 18.2 Å². The number of ether oxygens (including phenoxy) is 2. The Balaban J connectivity index is 2.21. The van der Waals surface area contributed by atoms with E-state index in [1.165, 1.54) is 25.2 Å². The van der Waals surface area contributed by atoms with Gasteiger partial charge in [-0.05, 0) is 23.8 Å². The molecule has 8 nitrogen and oxygen atoms in total. The lowest BCUT2D eigenvalue weighted by molar-refractivity contribution is -0.139. The first-order chi connectivity index (χ1) is 13.0. The summed E-state index contributed by atoms with van der Waals surface area (Å²) in [6.07, 6.45) is 6.40. The van der Waals surface area contributed by atoms with Crippen molar-refractivity contribution >= 4 is 29.3 Å². The molecule has 0 saturated carbocycles. The first kappa shape index (κ1) is 18.2. The molecule has 0 saturated heterocycles. The number of nitrogens with zero attached hydrogens (tertiary/aromatic N) is 2. The van der Waals surface area contributed by atoms with Gasteiger partial charge in [0.2, 0.25) is 0 Å². The van der Waals surface area contributed by atoms with Crippen molar-refractivity contribution in [3.63, 3.8) is 0 Å². The summed E-state index contributed by atoms with van der Waals surface area (Å²) in [5.41, 5.74) is 2.03. The summed E-state index contributed by atoms with van der Waals surface area (Å²) in [5, 5.41) is 2.83. The minimum absolute atomic E-state index is 0.00377. The number of nitrogens with one attached hydrogen (secondary N) is 1. The van der Waals surface area contributed by atoms with Crippen molar-refractivity contribution in [3.8, 4) is 0 Å². The fourth-order valence-electron chi connectivity index (χ4n) is 2.94. The van der Waals surface area contributed by atoms with Crippen LogP contribution in [0.3, 0.4) is 0 Å². The van der Waals surface area contributed by atoms with Crippen molar-refractivity contribution in [2.24, 2.45) is 0 Å². The number of esters is 2. The summed E-state index contributed by atoms with van der Waals surface area (Å²) in [6, 6.07) is 5.19. The third-order valence-electron chi connectivity index (χ3n) is 4.26. The van der Waals surface area contributed by atoms with Crippen LogP contribution in [-0.4, -0.2) is 44.1 Å². The van der Waals surface area contributed by atoms with Crippen molar-refractivity contribution < 1.29 is 23.9 Å². The zero-order valence-corrected chi connectivity index (χ0v) is 15.2. The molecule has 27 heavy (non-hydrogen) atoms. The molecule has 0 fully saturated rings. The standard InChI is InChI=1S/C19H19N3O5/c1-21-11-12-7-6-9-14(15(12)20-19(21)25)22-10-5-4-8-13(17(23)26-2)16(22)18(24)27-3/h4-10H,11H2,1-3H3,(H,20,25). The maximum Gasteiger partial charge on any atom is 0.355 e. The van der Waals surface area contributed by atoms with Gasteiger partial charge >= 0.3 is 18.0 Å². The fourth-order valence-corrected chi connectivity index (χ4v) is 2.94. The molecule has 0 radical (unpaired) electrons. The third kappa shape index (κ3) is 3.29. The predicted octanol–water partition coefficient (Wildman–Crippen LogP) is 2.15. The third-order valence-corrected chi connectivity index (χ3v) is 4.26. The molecule has 3 rings (SSSR count). The molecule has 0 atom stereocenters. The molecule has 140 valence electrons. The number of hydrogen-bond donors (Lipinski definition) is 1. The molecule has 0 bridgehead atoms. The van der Waals surface area contributed by atoms with E-state index in [0.717, 1.165) is 5.56 Å². The second kappa shape index (κ2) is 7.36. The first-order valence-electron chi connectivity index (χ1n) is 8.17. The second-order valence-corrected chi connectivity index (χ2v) is 5.91. The van der Waals surface area contributed by atoms with Gasteiger partial charge in [0.25, 0.3) is 0 Å². The van der Waals surface area contributed by atoms with Crippen LogP contribution in [0.25, 0.3) is 0 Å². The average molecular weight is 369 g/mol. The number of methoxy groups -OCH3 is 2. The SMILES string of the molecule is COC(=O)C1=C(C(=O)OC)N(c2cccc3c2NC(=O)N(C)C3)C=CC=C1. The van der Waals surface area contributed by atoms with E-state index in [4.69, 9.17) is 9.47 Å². The summed E-state index contributed by atoms with van der Waals surface area (Å²) in [6.45, 7) is 0.423. The van der Waals surface area contributed by atoms with E-state index in [1.54, 1.807) is 36.4 Å². The highest BCUT2D eigenvalue weighted by atomic mass is 16.5. The van der Waals surface area contributed by atoms with Gasteiger partial charge in [0.05, 0.1) is 31.2 Å². The van der Waals surface area contributed by atoms with Gasteiger partial charge in [0.1, 0.15) is 5.70 Å². The van der Waals surface area contributed by atoms with Crippen molar-refractivity contribution in [3.05, 3.63) is 59.5 Å². The van der Waals surface area contributed by atoms with E-state index in [0.29, 0.717) is 17.9 Å². The molecular weight excluding hydrogens is 350 g/mol. The Labute approximate surface area is 156 Å². The number of carbonyl (C=O) groups is 3. The summed E-state index contributed by atoms with van der Waals surface area (Å²) in [7, 11) is 4.16.